The molecule has 2 saturated heterocycles. The van der Waals surface area contributed by atoms with Gasteiger partial charge in [-0.25, -0.2) is 0 Å². The monoisotopic (exact) mass is 789 g/mol. The van der Waals surface area contributed by atoms with Crippen LogP contribution in [0.1, 0.15) is 90.7 Å². The molecule has 0 bridgehead atoms. The lowest BCUT2D eigenvalue weighted by atomic mass is 9.93. The van der Waals surface area contributed by atoms with E-state index in [9.17, 15) is 24.0 Å². The van der Waals surface area contributed by atoms with Gasteiger partial charge in [0.05, 0.1) is 12.6 Å². The van der Waals surface area contributed by atoms with Gasteiger partial charge in [-0.1, -0.05) is 94.8 Å². The second-order valence-electron chi connectivity index (χ2n) is 17.1. The molecule has 2 aromatic carbocycles. The predicted molar refractivity (Wildman–Crippen MR) is 223 cm³/mol. The summed E-state index contributed by atoms with van der Waals surface area (Å²) in [5, 5.41) is 11.8. The molecule has 2 aromatic rings. The van der Waals surface area contributed by atoms with Crippen LogP contribution in [0.5, 0.6) is 0 Å². The van der Waals surface area contributed by atoms with E-state index in [1.807, 2.05) is 88.4 Å². The first-order valence-electron chi connectivity index (χ1n) is 21.1. The fourth-order valence-electron chi connectivity index (χ4n) is 7.26. The van der Waals surface area contributed by atoms with Crippen molar-refractivity contribution < 1.29 is 28.7 Å². The van der Waals surface area contributed by atoms with Gasteiger partial charge in [-0.2, -0.15) is 0 Å². The summed E-state index contributed by atoms with van der Waals surface area (Å²) in [6.45, 7) is 15.2. The number of rotatable bonds is 24. The van der Waals surface area contributed by atoms with E-state index in [0.717, 1.165) is 63.1 Å². The van der Waals surface area contributed by atoms with E-state index in [4.69, 9.17) is 4.74 Å². The lowest BCUT2D eigenvalue weighted by Gasteiger charge is -2.32. The number of likely N-dealkylation sites (N-methyl/N-ethyl adjacent to an activating group) is 1. The second-order valence-corrected chi connectivity index (χ2v) is 17.1. The van der Waals surface area contributed by atoms with Crippen molar-refractivity contribution in [3.63, 3.8) is 0 Å². The van der Waals surface area contributed by atoms with Crippen molar-refractivity contribution in [1.29, 1.82) is 0 Å². The maximum atomic E-state index is 14.2. The fraction of sp³-hybridized carbons (Fsp3) is 0.622. The Balaban J connectivity index is 1.44. The molecule has 5 atom stereocenters. The number of amides is 4. The highest BCUT2D eigenvalue weighted by atomic mass is 16.6. The summed E-state index contributed by atoms with van der Waals surface area (Å²) in [5.41, 5.74) is 0.945. The Morgan fingerprint density at radius 2 is 1.19 bits per heavy atom. The van der Waals surface area contributed by atoms with Gasteiger partial charge >= 0.3 is 0 Å². The third-order valence-corrected chi connectivity index (χ3v) is 10.9. The molecule has 2 fully saturated rings. The Morgan fingerprint density at radius 1 is 0.667 bits per heavy atom. The quantitative estimate of drug-likeness (QED) is 0.0919. The van der Waals surface area contributed by atoms with Crippen LogP contribution in [0.25, 0.3) is 0 Å². The number of Topliss-reactive ketones (excluding diaryl/α,β-unsaturated/α-hetero) is 1. The van der Waals surface area contributed by atoms with Crippen LogP contribution in [-0.2, 0) is 41.6 Å². The molecule has 0 saturated carbocycles. The number of carbonyl (C=O) groups excluding carboxylic acids is 5. The maximum absolute atomic E-state index is 14.2. The molecule has 0 aromatic heterocycles. The minimum absolute atomic E-state index is 0.0259. The first-order valence-corrected chi connectivity index (χ1v) is 21.1. The molecule has 2 heterocycles. The van der Waals surface area contributed by atoms with Crippen molar-refractivity contribution in [2.45, 2.75) is 122 Å². The Hall–Kier alpha value is -4.13. The number of nitrogens with zero attached hydrogens (tertiary/aromatic N) is 2. The average Bonchev–Trinajstić information content (AvgIpc) is 3.94. The van der Waals surface area contributed by atoms with Crippen molar-refractivity contribution in [2.75, 3.05) is 46.4 Å². The van der Waals surface area contributed by atoms with Crippen LogP contribution in [-0.4, -0.2) is 115 Å². The smallest absolute Gasteiger partial charge is 0.243 e. The minimum atomic E-state index is -1.02. The standard InChI is InChI=1S/C45H68N6O6/c1-32(2)28-37(41(53)45(5)31-57-45)47-44(56)39(30-35-18-12-8-13-19-35)49-43(55)38(29-33(3)4)48-42(54)36(22-21-34-16-10-7-11-17-34)46-40(52)20-14-9-15-23-51-26-24-50(6)25-27-51/h7-8,10-13,16-19,32-33,36-39H,9,14-15,20-31H2,1-6H3,(H,46,52)(H,47,56)(H,48,54)(H,49,55)/t36-,37-,38-,39-,45+/m0/s1. The van der Waals surface area contributed by atoms with Gasteiger partial charge in [0.25, 0.3) is 0 Å². The fourth-order valence-corrected chi connectivity index (χ4v) is 7.26. The number of benzene rings is 2. The highest BCUT2D eigenvalue weighted by Crippen LogP contribution is 2.29. The van der Waals surface area contributed by atoms with Crippen LogP contribution in [0, 0.1) is 11.8 Å². The molecular weight excluding hydrogens is 721 g/mol. The molecular formula is C45H68N6O6. The number of aryl methyl sites for hydroxylation is 1. The van der Waals surface area contributed by atoms with Crippen molar-refractivity contribution in [1.82, 2.24) is 31.1 Å². The van der Waals surface area contributed by atoms with E-state index < -0.39 is 47.5 Å². The molecule has 2 aliphatic heterocycles. The summed E-state index contributed by atoms with van der Waals surface area (Å²) < 4.78 is 5.43. The van der Waals surface area contributed by atoms with E-state index in [1.165, 1.54) is 0 Å². The lowest BCUT2D eigenvalue weighted by molar-refractivity contribution is -0.135. The molecule has 4 rings (SSSR count). The van der Waals surface area contributed by atoms with E-state index >= 15 is 0 Å². The average molecular weight is 789 g/mol. The zero-order chi connectivity index (χ0) is 41.4. The van der Waals surface area contributed by atoms with Crippen LogP contribution in [0.4, 0.5) is 0 Å². The summed E-state index contributed by atoms with van der Waals surface area (Å²) in [6, 6.07) is 15.5. The highest BCUT2D eigenvalue weighted by Gasteiger charge is 2.50. The van der Waals surface area contributed by atoms with Gasteiger partial charge in [-0.3, -0.25) is 24.0 Å². The van der Waals surface area contributed by atoms with Gasteiger partial charge in [0.1, 0.15) is 23.7 Å². The predicted octanol–water partition coefficient (Wildman–Crippen LogP) is 4.06. The van der Waals surface area contributed by atoms with Crippen molar-refractivity contribution in [2.24, 2.45) is 11.8 Å². The molecule has 12 nitrogen and oxygen atoms in total. The molecule has 0 unspecified atom stereocenters. The number of epoxide rings is 1. The highest BCUT2D eigenvalue weighted by molar-refractivity contribution is 5.98. The molecule has 0 spiro atoms. The number of piperazine rings is 1. The van der Waals surface area contributed by atoms with Crippen molar-refractivity contribution >= 4 is 29.4 Å². The van der Waals surface area contributed by atoms with E-state index in [-0.39, 0.29) is 29.9 Å². The first kappa shape index (κ1) is 45.6. The second kappa shape index (κ2) is 22.7. The number of ether oxygens (including phenoxy) is 1. The van der Waals surface area contributed by atoms with E-state index in [0.29, 0.717) is 38.7 Å². The van der Waals surface area contributed by atoms with Gasteiger partial charge < -0.3 is 35.8 Å². The molecule has 2 aliphatic rings. The lowest BCUT2D eigenvalue weighted by Crippen LogP contribution is -2.59. The zero-order valence-electron chi connectivity index (χ0n) is 35.2. The van der Waals surface area contributed by atoms with Crippen LogP contribution >= 0.6 is 0 Å². The minimum Gasteiger partial charge on any atom is -0.361 e. The van der Waals surface area contributed by atoms with Gasteiger partial charge in [0.15, 0.2) is 5.78 Å². The molecule has 0 radical (unpaired) electrons. The topological polar surface area (TPSA) is 152 Å². The maximum Gasteiger partial charge on any atom is 0.243 e. The molecule has 4 N–H and O–H groups in total. The van der Waals surface area contributed by atoms with Crippen LogP contribution in [0.15, 0.2) is 60.7 Å². The van der Waals surface area contributed by atoms with Crippen LogP contribution in [0.3, 0.4) is 0 Å². The number of ketones is 1. The van der Waals surface area contributed by atoms with Gasteiger partial charge in [0.2, 0.25) is 23.6 Å². The summed E-state index contributed by atoms with van der Waals surface area (Å²) in [6.07, 6.45) is 4.83. The van der Waals surface area contributed by atoms with Crippen LogP contribution < -0.4 is 21.3 Å². The summed E-state index contributed by atoms with van der Waals surface area (Å²) >= 11 is 0. The molecule has 4 amide bonds. The Bertz CT molecular complexity index is 1580. The van der Waals surface area contributed by atoms with E-state index in [1.54, 1.807) is 6.92 Å². The van der Waals surface area contributed by atoms with Gasteiger partial charge in [-0.15, -0.1) is 0 Å². The summed E-state index contributed by atoms with van der Waals surface area (Å²) in [4.78, 5) is 73.7. The largest absolute Gasteiger partial charge is 0.361 e. The number of nitrogens with one attached hydrogen (secondary N) is 4. The molecule has 314 valence electrons. The normalized spacial score (nSPS) is 19.3. The first-order chi connectivity index (χ1) is 27.2. The van der Waals surface area contributed by atoms with Crippen molar-refractivity contribution in [3.05, 3.63) is 71.8 Å². The SMILES string of the molecule is CC(C)C[C@H](NC(=O)[C@H](CCc1ccccc1)NC(=O)CCCCCN1CCN(C)CC1)C(=O)N[C@@H](Cc1ccccc1)C(=O)N[C@@H](CC(C)C)C(=O)[C@@]1(C)CO1. The Kier molecular flexibility index (Phi) is 18.2. The third-order valence-electron chi connectivity index (χ3n) is 10.9. The Morgan fingerprint density at radius 3 is 1.79 bits per heavy atom. The number of carbonyl (C=O) groups is 5. The number of hydrogen-bond donors (Lipinski definition) is 4. The van der Waals surface area contributed by atoms with Gasteiger partial charge in [0, 0.05) is 39.0 Å². The van der Waals surface area contributed by atoms with Gasteiger partial charge in [-0.05, 0) is 82.0 Å². The zero-order valence-corrected chi connectivity index (χ0v) is 35.2. The molecule has 0 aliphatic carbocycles. The molecule has 12 heteroatoms. The van der Waals surface area contributed by atoms with Crippen LogP contribution in [0.2, 0.25) is 0 Å². The third kappa shape index (κ3) is 16.0. The summed E-state index contributed by atoms with van der Waals surface area (Å²) in [5.74, 6) is -1.67. The molecule has 57 heavy (non-hydrogen) atoms. The van der Waals surface area contributed by atoms with E-state index in [2.05, 4.69) is 38.1 Å². The number of unbranched alkanes of at least 4 members (excludes halogenated alkanes) is 2. The van der Waals surface area contributed by atoms with Crippen molar-refractivity contribution in [3.8, 4) is 0 Å². The Labute approximate surface area is 340 Å². The number of hydrogen-bond acceptors (Lipinski definition) is 8. The summed E-state index contributed by atoms with van der Waals surface area (Å²) in [7, 11) is 2.15.